The van der Waals surface area contributed by atoms with Crippen LogP contribution in [0, 0.1) is 23.2 Å². The van der Waals surface area contributed by atoms with Gasteiger partial charge in [0.15, 0.2) is 0 Å². The predicted octanol–water partition coefficient (Wildman–Crippen LogP) is 2.17. The van der Waals surface area contributed by atoms with E-state index >= 15 is 0 Å². The maximum atomic E-state index is 12.3. The van der Waals surface area contributed by atoms with Crippen LogP contribution >= 0.6 is 0 Å². The van der Waals surface area contributed by atoms with E-state index in [2.05, 4.69) is 4.72 Å². The van der Waals surface area contributed by atoms with Gasteiger partial charge >= 0.3 is 0 Å². The molecular weight excluding hydrogens is 272 g/mol. The van der Waals surface area contributed by atoms with E-state index in [4.69, 9.17) is 5.26 Å². The number of rotatable bonds is 6. The third-order valence-electron chi connectivity index (χ3n) is 4.02. The van der Waals surface area contributed by atoms with Crippen molar-refractivity contribution in [3.63, 3.8) is 0 Å². The summed E-state index contributed by atoms with van der Waals surface area (Å²) in [5.74, 6) is 1.10. The first-order valence-electron chi connectivity index (χ1n) is 7.06. The summed E-state index contributed by atoms with van der Waals surface area (Å²) in [6.45, 7) is 0. The molecule has 0 heterocycles. The van der Waals surface area contributed by atoms with Crippen LogP contribution in [0.5, 0.6) is 0 Å². The minimum Gasteiger partial charge on any atom is -0.212 e. The van der Waals surface area contributed by atoms with Crippen molar-refractivity contribution >= 4 is 10.0 Å². The van der Waals surface area contributed by atoms with Gasteiger partial charge in [-0.3, -0.25) is 0 Å². The molecule has 0 radical (unpaired) electrons. The molecule has 2 aliphatic rings. The third kappa shape index (κ3) is 3.38. The summed E-state index contributed by atoms with van der Waals surface area (Å²) >= 11 is 0. The van der Waals surface area contributed by atoms with Gasteiger partial charge in [0.2, 0.25) is 10.0 Å². The van der Waals surface area contributed by atoms with Gasteiger partial charge in [0.1, 0.15) is 0 Å². The third-order valence-corrected chi connectivity index (χ3v) is 5.36. The molecule has 2 aliphatic carbocycles. The van der Waals surface area contributed by atoms with Gasteiger partial charge < -0.3 is 0 Å². The molecule has 2 fully saturated rings. The Kier molecular flexibility index (Phi) is 3.53. The number of nitrogens with one attached hydrogen (secondary N) is 1. The minimum atomic E-state index is -3.30. The molecule has 0 amide bonds. The Morgan fingerprint density at radius 1 is 1.15 bits per heavy atom. The summed E-state index contributed by atoms with van der Waals surface area (Å²) in [6.07, 6.45) is 4.61. The molecule has 1 aromatic carbocycles. The molecule has 0 spiro atoms. The molecule has 0 atom stereocenters. The Morgan fingerprint density at radius 2 is 1.70 bits per heavy atom. The van der Waals surface area contributed by atoms with E-state index in [0.29, 0.717) is 17.4 Å². The molecule has 0 saturated heterocycles. The van der Waals surface area contributed by atoms with E-state index in [0.717, 1.165) is 31.2 Å². The lowest BCUT2D eigenvalue weighted by Gasteiger charge is -2.17. The topological polar surface area (TPSA) is 70.0 Å². The Morgan fingerprint density at radius 3 is 2.15 bits per heavy atom. The first kappa shape index (κ1) is 13.6. The Balaban J connectivity index is 1.66. The molecule has 0 aliphatic heterocycles. The quantitative estimate of drug-likeness (QED) is 0.873. The number of benzene rings is 1. The van der Waals surface area contributed by atoms with Gasteiger partial charge in [0, 0.05) is 6.04 Å². The van der Waals surface area contributed by atoms with Crippen molar-refractivity contribution in [3.8, 4) is 6.07 Å². The highest BCUT2D eigenvalue weighted by Gasteiger charge is 2.43. The zero-order chi connectivity index (χ0) is 14.2. The average Bonchev–Trinajstić information content (AvgIpc) is 3.29. The van der Waals surface area contributed by atoms with Crippen LogP contribution in [0.1, 0.15) is 36.8 Å². The van der Waals surface area contributed by atoms with Gasteiger partial charge in [0.25, 0.3) is 0 Å². The number of hydrogen-bond acceptors (Lipinski definition) is 3. The molecule has 3 rings (SSSR count). The monoisotopic (exact) mass is 290 g/mol. The molecule has 106 valence electrons. The van der Waals surface area contributed by atoms with Crippen molar-refractivity contribution in [2.45, 2.75) is 37.5 Å². The Labute approximate surface area is 119 Å². The van der Waals surface area contributed by atoms with Gasteiger partial charge in [-0.1, -0.05) is 12.1 Å². The SMILES string of the molecule is N#Cc1ccc(CS(=O)(=O)NC(C2CC2)C2CC2)cc1. The smallest absolute Gasteiger partial charge is 0.212 e. The van der Waals surface area contributed by atoms with Crippen LogP contribution in [0.4, 0.5) is 0 Å². The summed E-state index contributed by atoms with van der Waals surface area (Å²) in [5.41, 5.74) is 1.27. The highest BCUT2D eigenvalue weighted by atomic mass is 32.2. The molecule has 0 bridgehead atoms. The zero-order valence-corrected chi connectivity index (χ0v) is 12.1. The lowest BCUT2D eigenvalue weighted by molar-refractivity contribution is 0.471. The predicted molar refractivity (Wildman–Crippen MR) is 76.2 cm³/mol. The van der Waals surface area contributed by atoms with Gasteiger partial charge in [0.05, 0.1) is 17.4 Å². The summed E-state index contributed by atoms with van der Waals surface area (Å²) < 4.78 is 27.4. The molecule has 5 heteroatoms. The second-order valence-corrected chi connectivity index (χ2v) is 7.64. The maximum absolute atomic E-state index is 12.3. The molecule has 2 saturated carbocycles. The minimum absolute atomic E-state index is 0.00531. The first-order valence-corrected chi connectivity index (χ1v) is 8.72. The molecule has 1 aromatic rings. The molecule has 0 aromatic heterocycles. The van der Waals surface area contributed by atoms with Gasteiger partial charge in [-0.15, -0.1) is 0 Å². The average molecular weight is 290 g/mol. The summed E-state index contributed by atoms with van der Waals surface area (Å²) in [5, 5.41) is 8.74. The van der Waals surface area contributed by atoms with E-state index in [1.807, 2.05) is 6.07 Å². The fourth-order valence-corrected chi connectivity index (χ4v) is 4.15. The van der Waals surface area contributed by atoms with Crippen LogP contribution in [0.15, 0.2) is 24.3 Å². The van der Waals surface area contributed by atoms with Gasteiger partial charge in [-0.2, -0.15) is 5.26 Å². The lowest BCUT2D eigenvalue weighted by Crippen LogP contribution is -2.38. The van der Waals surface area contributed by atoms with Crippen LogP contribution in [0.2, 0.25) is 0 Å². The normalized spacial score (nSPS) is 19.0. The highest BCUT2D eigenvalue weighted by Crippen LogP contribution is 2.44. The second-order valence-electron chi connectivity index (χ2n) is 5.89. The summed E-state index contributed by atoms with van der Waals surface area (Å²) in [4.78, 5) is 0. The molecule has 0 unspecified atom stereocenters. The number of sulfonamides is 1. The molecule has 1 N–H and O–H groups in total. The van der Waals surface area contributed by atoms with Gasteiger partial charge in [-0.25, -0.2) is 13.1 Å². The summed E-state index contributed by atoms with van der Waals surface area (Å²) in [6, 6.07) is 8.91. The van der Waals surface area contributed by atoms with Crippen LogP contribution in [-0.2, 0) is 15.8 Å². The fraction of sp³-hybridized carbons (Fsp3) is 0.533. The van der Waals surface area contributed by atoms with Gasteiger partial charge in [-0.05, 0) is 55.2 Å². The lowest BCUT2D eigenvalue weighted by atomic mass is 10.1. The highest BCUT2D eigenvalue weighted by molar-refractivity contribution is 7.88. The van der Waals surface area contributed by atoms with Crippen molar-refractivity contribution in [1.82, 2.24) is 4.72 Å². The van der Waals surface area contributed by atoms with Crippen LogP contribution in [0.25, 0.3) is 0 Å². The molecule has 20 heavy (non-hydrogen) atoms. The van der Waals surface area contributed by atoms with Crippen molar-refractivity contribution in [3.05, 3.63) is 35.4 Å². The zero-order valence-electron chi connectivity index (χ0n) is 11.2. The van der Waals surface area contributed by atoms with E-state index in [1.54, 1.807) is 24.3 Å². The fourth-order valence-electron chi connectivity index (χ4n) is 2.63. The molecular formula is C15H18N2O2S. The summed E-state index contributed by atoms with van der Waals surface area (Å²) in [7, 11) is -3.30. The van der Waals surface area contributed by atoms with Crippen LogP contribution in [-0.4, -0.2) is 14.5 Å². The Hall–Kier alpha value is -1.38. The second kappa shape index (κ2) is 5.19. The number of nitrogens with zero attached hydrogens (tertiary/aromatic N) is 1. The van der Waals surface area contributed by atoms with Crippen molar-refractivity contribution in [1.29, 1.82) is 5.26 Å². The number of nitriles is 1. The van der Waals surface area contributed by atoms with Crippen LogP contribution < -0.4 is 4.72 Å². The first-order chi connectivity index (χ1) is 9.57. The maximum Gasteiger partial charge on any atom is 0.216 e. The van der Waals surface area contributed by atoms with E-state index in [-0.39, 0.29) is 11.8 Å². The van der Waals surface area contributed by atoms with Crippen molar-refractivity contribution in [2.24, 2.45) is 11.8 Å². The van der Waals surface area contributed by atoms with E-state index in [9.17, 15) is 8.42 Å². The van der Waals surface area contributed by atoms with E-state index < -0.39 is 10.0 Å². The van der Waals surface area contributed by atoms with E-state index in [1.165, 1.54) is 0 Å². The van der Waals surface area contributed by atoms with Crippen molar-refractivity contribution < 1.29 is 8.42 Å². The van der Waals surface area contributed by atoms with Crippen molar-refractivity contribution in [2.75, 3.05) is 0 Å². The standard InChI is InChI=1S/C15H18N2O2S/c16-9-11-1-3-12(4-2-11)10-20(18,19)17-15(13-5-6-13)14-7-8-14/h1-4,13-15,17H,5-8,10H2. The Bertz CT molecular complexity index is 611. The number of hydrogen-bond donors (Lipinski definition) is 1. The van der Waals surface area contributed by atoms with Crippen LogP contribution in [0.3, 0.4) is 0 Å². The largest absolute Gasteiger partial charge is 0.216 e. The molecule has 4 nitrogen and oxygen atoms in total.